The molecule has 7 heteroatoms. The predicted molar refractivity (Wildman–Crippen MR) is 75.5 cm³/mol. The van der Waals surface area contributed by atoms with Crippen molar-refractivity contribution in [1.29, 1.82) is 0 Å². The average molecular weight is 324 g/mol. The van der Waals surface area contributed by atoms with Gasteiger partial charge in [0, 0.05) is 4.88 Å². The predicted octanol–water partition coefficient (Wildman–Crippen LogP) is 4.43. The number of hydrogen-bond donors (Lipinski definition) is 1. The van der Waals surface area contributed by atoms with E-state index in [0.717, 1.165) is 16.0 Å². The van der Waals surface area contributed by atoms with Crippen LogP contribution in [-0.4, -0.2) is 6.36 Å². The molecule has 0 saturated carbocycles. The van der Waals surface area contributed by atoms with Gasteiger partial charge in [-0.2, -0.15) is 0 Å². The lowest BCUT2D eigenvalue weighted by Crippen LogP contribution is -2.17. The fourth-order valence-electron chi connectivity index (χ4n) is 1.73. The Morgan fingerprint density at radius 1 is 1.15 bits per heavy atom. The van der Waals surface area contributed by atoms with E-state index in [1.807, 2.05) is 18.4 Å². The van der Waals surface area contributed by atoms with E-state index >= 15 is 0 Å². The number of nitrogens with two attached hydrogens (primary N) is 1. The lowest BCUT2D eigenvalue weighted by Gasteiger charge is -2.13. The molecule has 20 heavy (non-hydrogen) atoms. The third-order valence-corrected chi connectivity index (χ3v) is 3.76. The Kier molecular flexibility index (Phi) is 5.44. The number of hydrogen-bond acceptors (Lipinski definition) is 3. The number of aryl methyl sites for hydroxylation is 1. The van der Waals surface area contributed by atoms with E-state index in [4.69, 9.17) is 5.73 Å². The van der Waals surface area contributed by atoms with Crippen LogP contribution in [0.4, 0.5) is 13.2 Å². The van der Waals surface area contributed by atoms with Gasteiger partial charge in [-0.1, -0.05) is 12.1 Å². The molecule has 0 saturated heterocycles. The van der Waals surface area contributed by atoms with Gasteiger partial charge in [0.15, 0.2) is 0 Å². The minimum absolute atomic E-state index is 0. The summed E-state index contributed by atoms with van der Waals surface area (Å²) in [4.78, 5) is 1.00. The molecule has 0 unspecified atom stereocenters. The van der Waals surface area contributed by atoms with Gasteiger partial charge < -0.3 is 10.5 Å². The molecule has 0 spiro atoms. The molecular weight excluding hydrogens is 311 g/mol. The van der Waals surface area contributed by atoms with E-state index in [-0.39, 0.29) is 24.2 Å². The van der Waals surface area contributed by atoms with Crippen molar-refractivity contribution >= 4 is 23.7 Å². The molecule has 1 atom stereocenters. The molecule has 1 heterocycles. The lowest BCUT2D eigenvalue weighted by molar-refractivity contribution is -0.274. The highest BCUT2D eigenvalue weighted by Crippen LogP contribution is 2.29. The van der Waals surface area contributed by atoms with Crippen molar-refractivity contribution in [3.8, 4) is 5.75 Å². The Bertz CT molecular complexity index is 553. The van der Waals surface area contributed by atoms with Crippen LogP contribution in [0.25, 0.3) is 0 Å². The minimum Gasteiger partial charge on any atom is -0.406 e. The summed E-state index contributed by atoms with van der Waals surface area (Å²) in [5.74, 6) is -0.244. The van der Waals surface area contributed by atoms with E-state index in [1.165, 1.54) is 23.5 Å². The lowest BCUT2D eigenvalue weighted by atomic mass is 10.0. The first kappa shape index (κ1) is 16.8. The van der Waals surface area contributed by atoms with Crippen molar-refractivity contribution in [3.05, 3.63) is 51.7 Å². The zero-order valence-corrected chi connectivity index (χ0v) is 12.1. The van der Waals surface area contributed by atoms with Crippen LogP contribution in [0.15, 0.2) is 35.7 Å². The number of halogens is 4. The van der Waals surface area contributed by atoms with Crippen LogP contribution in [0.5, 0.6) is 5.75 Å². The van der Waals surface area contributed by atoms with E-state index in [9.17, 15) is 13.2 Å². The van der Waals surface area contributed by atoms with Gasteiger partial charge >= 0.3 is 6.36 Å². The van der Waals surface area contributed by atoms with Crippen molar-refractivity contribution in [2.45, 2.75) is 19.3 Å². The van der Waals surface area contributed by atoms with Gasteiger partial charge in [0.2, 0.25) is 0 Å². The molecular formula is C13H13ClF3NOS. The largest absolute Gasteiger partial charge is 0.573 e. The van der Waals surface area contributed by atoms with Crippen molar-refractivity contribution in [3.63, 3.8) is 0 Å². The maximum Gasteiger partial charge on any atom is 0.573 e. The number of ether oxygens (including phenoxy) is 1. The first-order valence-electron chi connectivity index (χ1n) is 5.52. The molecule has 2 nitrogen and oxygen atoms in total. The number of alkyl halides is 3. The topological polar surface area (TPSA) is 35.2 Å². The smallest absolute Gasteiger partial charge is 0.406 e. The SMILES string of the molecule is Cc1ccsc1[C@@H](N)c1ccc(OC(F)(F)F)cc1.Cl. The summed E-state index contributed by atoms with van der Waals surface area (Å²) in [5.41, 5.74) is 7.91. The van der Waals surface area contributed by atoms with Gasteiger partial charge in [-0.3, -0.25) is 0 Å². The minimum atomic E-state index is -4.67. The van der Waals surface area contributed by atoms with E-state index < -0.39 is 6.36 Å². The highest BCUT2D eigenvalue weighted by molar-refractivity contribution is 7.10. The fraction of sp³-hybridized carbons (Fsp3) is 0.231. The molecule has 0 fully saturated rings. The third kappa shape index (κ3) is 4.13. The summed E-state index contributed by atoms with van der Waals surface area (Å²) >= 11 is 1.53. The summed E-state index contributed by atoms with van der Waals surface area (Å²) in [6.45, 7) is 1.95. The summed E-state index contributed by atoms with van der Waals surface area (Å²) < 4.78 is 39.9. The molecule has 0 aliphatic carbocycles. The van der Waals surface area contributed by atoms with Gasteiger partial charge in [0.1, 0.15) is 5.75 Å². The van der Waals surface area contributed by atoms with Crippen LogP contribution in [0.2, 0.25) is 0 Å². The van der Waals surface area contributed by atoms with Crippen LogP contribution >= 0.6 is 23.7 Å². The molecule has 0 aliphatic rings. The standard InChI is InChI=1S/C13H12F3NOS.ClH/c1-8-6-7-19-12(8)11(17)9-2-4-10(5-3-9)18-13(14,15)16;/h2-7,11H,17H2,1H3;1H/t11-;/m0./s1. The van der Waals surface area contributed by atoms with Crippen molar-refractivity contribution < 1.29 is 17.9 Å². The number of benzene rings is 1. The second-order valence-electron chi connectivity index (χ2n) is 4.06. The molecule has 2 rings (SSSR count). The van der Waals surface area contributed by atoms with Gasteiger partial charge in [0.25, 0.3) is 0 Å². The van der Waals surface area contributed by atoms with E-state index in [2.05, 4.69) is 4.74 Å². The quantitative estimate of drug-likeness (QED) is 0.907. The Labute approximate surface area is 124 Å². The van der Waals surface area contributed by atoms with Gasteiger partial charge in [-0.05, 0) is 41.6 Å². The fourth-order valence-corrected chi connectivity index (χ4v) is 2.69. The van der Waals surface area contributed by atoms with Crippen molar-refractivity contribution in [2.75, 3.05) is 0 Å². The maximum atomic E-state index is 12.0. The second-order valence-corrected chi connectivity index (χ2v) is 5.01. The average Bonchev–Trinajstić information content (AvgIpc) is 2.73. The Morgan fingerprint density at radius 3 is 2.20 bits per heavy atom. The van der Waals surface area contributed by atoms with Crippen LogP contribution in [-0.2, 0) is 0 Å². The van der Waals surface area contributed by atoms with Gasteiger partial charge in [0.05, 0.1) is 6.04 Å². The summed E-state index contributed by atoms with van der Waals surface area (Å²) in [7, 11) is 0. The highest BCUT2D eigenvalue weighted by Gasteiger charge is 2.31. The Hall–Kier alpha value is -1.24. The molecule has 0 radical (unpaired) electrons. The zero-order chi connectivity index (χ0) is 14.0. The number of thiophene rings is 1. The van der Waals surface area contributed by atoms with E-state index in [1.54, 1.807) is 12.1 Å². The van der Waals surface area contributed by atoms with E-state index in [0.29, 0.717) is 0 Å². The Morgan fingerprint density at radius 2 is 1.75 bits per heavy atom. The monoisotopic (exact) mass is 323 g/mol. The van der Waals surface area contributed by atoms with Crippen LogP contribution < -0.4 is 10.5 Å². The van der Waals surface area contributed by atoms with Crippen LogP contribution in [0, 0.1) is 6.92 Å². The highest BCUT2D eigenvalue weighted by atomic mass is 35.5. The van der Waals surface area contributed by atoms with Crippen molar-refractivity contribution in [2.24, 2.45) is 5.73 Å². The molecule has 1 aromatic carbocycles. The van der Waals surface area contributed by atoms with Crippen molar-refractivity contribution in [1.82, 2.24) is 0 Å². The molecule has 0 aliphatic heterocycles. The summed E-state index contributed by atoms with van der Waals surface area (Å²) in [6, 6.07) is 7.26. The molecule has 0 amide bonds. The number of rotatable bonds is 3. The first-order valence-corrected chi connectivity index (χ1v) is 6.40. The molecule has 110 valence electrons. The normalized spacial score (nSPS) is 12.7. The molecule has 0 bridgehead atoms. The maximum absolute atomic E-state index is 12.0. The second kappa shape index (κ2) is 6.47. The van der Waals surface area contributed by atoms with Crippen LogP contribution in [0.3, 0.4) is 0 Å². The Balaban J connectivity index is 0.00000200. The molecule has 1 aromatic heterocycles. The summed E-state index contributed by atoms with van der Waals surface area (Å²) in [6.07, 6.45) is -4.67. The molecule has 2 aromatic rings. The third-order valence-electron chi connectivity index (χ3n) is 2.66. The zero-order valence-electron chi connectivity index (χ0n) is 10.5. The van der Waals surface area contributed by atoms with Crippen LogP contribution in [0.1, 0.15) is 22.0 Å². The van der Waals surface area contributed by atoms with Gasteiger partial charge in [-0.15, -0.1) is 36.9 Å². The van der Waals surface area contributed by atoms with Gasteiger partial charge in [-0.25, -0.2) is 0 Å². The first-order chi connectivity index (χ1) is 8.87. The molecule has 2 N–H and O–H groups in total. The summed E-state index contributed by atoms with van der Waals surface area (Å²) in [5, 5.41) is 1.94.